The fraction of sp³-hybridized carbons (Fsp3) is 0.250. The molecule has 0 aliphatic rings. The molecule has 0 aliphatic heterocycles. The van der Waals surface area contributed by atoms with Gasteiger partial charge >= 0.3 is 0 Å². The Morgan fingerprint density at radius 3 is 2.76 bits per heavy atom. The van der Waals surface area contributed by atoms with Gasteiger partial charge < -0.3 is 19.9 Å². The molecule has 0 bridgehead atoms. The molecule has 1 aromatic heterocycles. The van der Waals surface area contributed by atoms with Crippen molar-refractivity contribution in [1.82, 2.24) is 9.88 Å². The Labute approximate surface area is 147 Å². The second-order valence-corrected chi connectivity index (χ2v) is 6.42. The number of aliphatic hydroxyl groups excluding tert-OH is 1. The molecule has 0 saturated heterocycles. The summed E-state index contributed by atoms with van der Waals surface area (Å²) in [6.45, 7) is 0.170. The van der Waals surface area contributed by atoms with Crippen LogP contribution in [0.4, 0.5) is 5.69 Å². The van der Waals surface area contributed by atoms with Crippen LogP contribution in [0.5, 0.6) is 0 Å². The minimum atomic E-state index is -0.745. The highest BCUT2D eigenvalue weighted by atomic mass is 16.3. The Balaban J connectivity index is 1.67. The van der Waals surface area contributed by atoms with E-state index in [-0.39, 0.29) is 12.5 Å². The molecule has 1 atom stereocenters. The van der Waals surface area contributed by atoms with Crippen molar-refractivity contribution >= 4 is 22.5 Å². The molecule has 0 fully saturated rings. The van der Waals surface area contributed by atoms with Gasteiger partial charge in [-0.15, -0.1) is 0 Å². The monoisotopic (exact) mass is 337 g/mol. The van der Waals surface area contributed by atoms with Crippen molar-refractivity contribution in [1.29, 1.82) is 0 Å². The quantitative estimate of drug-likeness (QED) is 0.753. The van der Waals surface area contributed by atoms with Gasteiger partial charge in [0.25, 0.3) is 5.91 Å². The Kier molecular flexibility index (Phi) is 4.76. The van der Waals surface area contributed by atoms with E-state index in [1.807, 2.05) is 79.3 Å². The van der Waals surface area contributed by atoms with Crippen LogP contribution < -0.4 is 10.2 Å². The molecule has 3 aromatic rings. The fourth-order valence-corrected chi connectivity index (χ4v) is 2.84. The molecule has 5 nitrogen and oxygen atoms in total. The van der Waals surface area contributed by atoms with Crippen LogP contribution in [-0.4, -0.2) is 36.2 Å². The summed E-state index contributed by atoms with van der Waals surface area (Å²) < 4.78 is 2.03. The van der Waals surface area contributed by atoms with Crippen molar-refractivity contribution in [2.24, 2.45) is 7.05 Å². The Morgan fingerprint density at radius 2 is 2.00 bits per heavy atom. The van der Waals surface area contributed by atoms with Crippen molar-refractivity contribution in [2.45, 2.75) is 6.10 Å². The number of carbonyl (C=O) groups is 1. The van der Waals surface area contributed by atoms with Crippen molar-refractivity contribution in [3.8, 4) is 0 Å². The molecular weight excluding hydrogens is 314 g/mol. The number of hydrogen-bond acceptors (Lipinski definition) is 3. The van der Waals surface area contributed by atoms with Crippen LogP contribution in [0.25, 0.3) is 10.9 Å². The molecule has 0 aliphatic carbocycles. The Morgan fingerprint density at radius 1 is 1.20 bits per heavy atom. The first kappa shape index (κ1) is 17.0. The maximum Gasteiger partial charge on any atom is 0.251 e. The standard InChI is InChI=1S/C20H23N3O2/c1-22(2)17-6-4-5-16(12-17)20(25)21-13-19(24)15-7-8-18-14(11-15)9-10-23(18)3/h4-12,19,24H,13H2,1-3H3,(H,21,25)/t19-/m1/s1. The minimum absolute atomic E-state index is 0.170. The molecule has 0 unspecified atom stereocenters. The summed E-state index contributed by atoms with van der Waals surface area (Å²) in [5.74, 6) is -0.191. The lowest BCUT2D eigenvalue weighted by Gasteiger charge is -2.15. The largest absolute Gasteiger partial charge is 0.387 e. The van der Waals surface area contributed by atoms with Crippen molar-refractivity contribution < 1.29 is 9.90 Å². The number of benzene rings is 2. The van der Waals surface area contributed by atoms with Gasteiger partial charge in [-0.1, -0.05) is 12.1 Å². The predicted octanol–water partition coefficient (Wildman–Crippen LogP) is 2.71. The van der Waals surface area contributed by atoms with Crippen molar-refractivity contribution in [3.63, 3.8) is 0 Å². The molecule has 130 valence electrons. The number of aromatic nitrogens is 1. The number of carbonyl (C=O) groups excluding carboxylic acids is 1. The van der Waals surface area contributed by atoms with Crippen LogP contribution in [0.2, 0.25) is 0 Å². The lowest BCUT2D eigenvalue weighted by atomic mass is 10.1. The topological polar surface area (TPSA) is 57.5 Å². The molecule has 25 heavy (non-hydrogen) atoms. The van der Waals surface area contributed by atoms with Crippen molar-refractivity contribution in [3.05, 3.63) is 65.9 Å². The van der Waals surface area contributed by atoms with E-state index in [2.05, 4.69) is 5.32 Å². The number of nitrogens with one attached hydrogen (secondary N) is 1. The van der Waals surface area contributed by atoms with Gasteiger partial charge in [-0.3, -0.25) is 4.79 Å². The number of amides is 1. The first-order valence-corrected chi connectivity index (χ1v) is 8.24. The highest BCUT2D eigenvalue weighted by molar-refractivity contribution is 5.95. The molecule has 5 heteroatoms. The summed E-state index contributed by atoms with van der Waals surface area (Å²) in [6.07, 6.45) is 1.24. The van der Waals surface area contributed by atoms with Crippen LogP contribution in [0, 0.1) is 0 Å². The summed E-state index contributed by atoms with van der Waals surface area (Å²) in [4.78, 5) is 14.3. The van der Waals surface area contributed by atoms with Gasteiger partial charge in [-0.2, -0.15) is 0 Å². The van der Waals surface area contributed by atoms with Gasteiger partial charge in [-0.25, -0.2) is 0 Å². The van der Waals surface area contributed by atoms with E-state index in [1.54, 1.807) is 6.07 Å². The second kappa shape index (κ2) is 6.99. The van der Waals surface area contributed by atoms with E-state index in [4.69, 9.17) is 0 Å². The first-order chi connectivity index (χ1) is 12.0. The molecule has 1 heterocycles. The number of anilines is 1. The molecule has 0 radical (unpaired) electrons. The number of nitrogens with zero attached hydrogens (tertiary/aromatic N) is 2. The highest BCUT2D eigenvalue weighted by Crippen LogP contribution is 2.21. The molecular formula is C20H23N3O2. The zero-order valence-electron chi connectivity index (χ0n) is 14.7. The summed E-state index contributed by atoms with van der Waals surface area (Å²) in [5, 5.41) is 14.3. The normalized spacial score (nSPS) is 12.2. The van der Waals surface area contributed by atoms with Crippen molar-refractivity contribution in [2.75, 3.05) is 25.5 Å². The highest BCUT2D eigenvalue weighted by Gasteiger charge is 2.12. The van der Waals surface area contributed by atoms with Gasteiger partial charge in [0.1, 0.15) is 0 Å². The zero-order chi connectivity index (χ0) is 18.0. The lowest BCUT2D eigenvalue weighted by molar-refractivity contribution is 0.0916. The van der Waals surface area contributed by atoms with Crippen LogP contribution in [-0.2, 0) is 7.05 Å². The fourth-order valence-electron chi connectivity index (χ4n) is 2.84. The third-order valence-electron chi connectivity index (χ3n) is 4.37. The third kappa shape index (κ3) is 3.67. The summed E-state index contributed by atoms with van der Waals surface area (Å²) >= 11 is 0. The van der Waals surface area contributed by atoms with Gasteiger partial charge in [0, 0.05) is 50.7 Å². The van der Waals surface area contributed by atoms with Gasteiger partial charge in [-0.05, 0) is 47.3 Å². The Hall–Kier alpha value is -2.79. The molecule has 3 rings (SSSR count). The van der Waals surface area contributed by atoms with Crippen LogP contribution in [0.15, 0.2) is 54.7 Å². The van der Waals surface area contributed by atoms with E-state index >= 15 is 0 Å². The molecule has 1 amide bonds. The Bertz CT molecular complexity index is 899. The zero-order valence-corrected chi connectivity index (χ0v) is 14.7. The summed E-state index contributed by atoms with van der Waals surface area (Å²) in [7, 11) is 5.85. The number of aliphatic hydroxyl groups is 1. The maximum atomic E-state index is 12.3. The lowest BCUT2D eigenvalue weighted by Crippen LogP contribution is -2.28. The van der Waals surface area contributed by atoms with E-state index in [9.17, 15) is 9.90 Å². The average Bonchev–Trinajstić information content (AvgIpc) is 3.00. The van der Waals surface area contributed by atoms with Crippen LogP contribution in [0.1, 0.15) is 22.0 Å². The maximum absolute atomic E-state index is 12.3. The van der Waals surface area contributed by atoms with Crippen LogP contribution in [0.3, 0.4) is 0 Å². The van der Waals surface area contributed by atoms with Gasteiger partial charge in [0.2, 0.25) is 0 Å². The van der Waals surface area contributed by atoms with E-state index < -0.39 is 6.10 Å². The SMILES string of the molecule is CN(C)c1cccc(C(=O)NC[C@@H](O)c2ccc3c(ccn3C)c2)c1. The number of fused-ring (bicyclic) bond motifs is 1. The van der Waals surface area contributed by atoms with Crippen LogP contribution >= 0.6 is 0 Å². The number of aryl methyl sites for hydroxylation is 1. The minimum Gasteiger partial charge on any atom is -0.387 e. The molecule has 2 N–H and O–H groups in total. The molecule has 0 spiro atoms. The van der Waals surface area contributed by atoms with E-state index in [0.717, 1.165) is 22.2 Å². The number of rotatable bonds is 5. The molecule has 0 saturated carbocycles. The molecule has 2 aromatic carbocycles. The second-order valence-electron chi connectivity index (χ2n) is 6.42. The van der Waals surface area contributed by atoms with E-state index in [1.165, 1.54) is 0 Å². The predicted molar refractivity (Wildman–Crippen MR) is 101 cm³/mol. The summed E-state index contributed by atoms with van der Waals surface area (Å²) in [6, 6.07) is 15.2. The first-order valence-electron chi connectivity index (χ1n) is 8.24. The third-order valence-corrected chi connectivity index (χ3v) is 4.37. The van der Waals surface area contributed by atoms with Gasteiger partial charge in [0.15, 0.2) is 0 Å². The van der Waals surface area contributed by atoms with E-state index in [0.29, 0.717) is 5.56 Å². The average molecular weight is 337 g/mol. The number of hydrogen-bond donors (Lipinski definition) is 2. The summed E-state index contributed by atoms with van der Waals surface area (Å²) in [5.41, 5.74) is 3.45. The van der Waals surface area contributed by atoms with Gasteiger partial charge in [0.05, 0.1) is 6.10 Å². The smallest absolute Gasteiger partial charge is 0.251 e.